The van der Waals surface area contributed by atoms with Crippen LogP contribution >= 0.6 is 0 Å². The summed E-state index contributed by atoms with van der Waals surface area (Å²) in [5.41, 5.74) is 0. The molecule has 5 heavy (non-hydrogen) atoms. The van der Waals surface area contributed by atoms with Crippen molar-refractivity contribution < 1.29 is 5.21 Å². The maximum atomic E-state index is 7.89. The highest BCUT2D eigenvalue weighted by Crippen LogP contribution is 1.46. The van der Waals surface area contributed by atoms with Crippen molar-refractivity contribution in [1.82, 2.24) is 5.06 Å². The monoisotopic (exact) mass is 93.1 g/mol. The largest absolute Gasteiger partial charge is 0.315 e. The molecule has 1 N–H and O–H groups in total. The van der Waals surface area contributed by atoms with E-state index < -0.39 is 0 Å². The van der Waals surface area contributed by atoms with Crippen LogP contribution in [0.3, 0.4) is 0 Å². The average molecular weight is 93.2 g/mol. The predicted octanol–water partition coefficient (Wildman–Crippen LogP) is -1.51. The summed E-state index contributed by atoms with van der Waals surface area (Å²) < 4.78 is 0. The van der Waals surface area contributed by atoms with Crippen molar-refractivity contribution in [1.29, 1.82) is 0 Å². The Balaban J connectivity index is 0. The van der Waals surface area contributed by atoms with E-state index in [1.165, 1.54) is 0 Å². The third-order valence-corrected chi connectivity index (χ3v) is 0. The van der Waals surface area contributed by atoms with Gasteiger partial charge < -0.3 is 5.21 Å². The first-order chi connectivity index (χ1) is 1.73. The number of hydrogen-bond acceptors (Lipinski definition) is 2. The number of nitrogens with zero attached hydrogens (tertiary/aromatic N) is 1. The molecule has 0 bridgehead atoms. The Morgan fingerprint density at radius 3 is 1.40 bits per heavy atom. The first-order valence-electron chi connectivity index (χ1n) is 1.09. The van der Waals surface area contributed by atoms with Crippen LogP contribution in [0, 0.1) is 0 Å². The zero-order valence-electron chi connectivity index (χ0n) is 2.89. The third-order valence-electron chi connectivity index (χ3n) is 0. The van der Waals surface area contributed by atoms with Gasteiger partial charge in [-0.2, -0.15) is 5.06 Å². The molecule has 0 saturated carbocycles. The molecular formula is C2H11NOSi. The van der Waals surface area contributed by atoms with Gasteiger partial charge in [-0.3, -0.25) is 0 Å². The molecule has 0 aliphatic rings. The average Bonchev–Trinajstić information content (AvgIpc) is 0.811. The SMILES string of the molecule is CN(C)O.[SiH4]. The van der Waals surface area contributed by atoms with Crippen molar-refractivity contribution in [3.05, 3.63) is 0 Å². The van der Waals surface area contributed by atoms with Gasteiger partial charge in [0.15, 0.2) is 0 Å². The van der Waals surface area contributed by atoms with Crippen LogP contribution in [-0.4, -0.2) is 35.3 Å². The topological polar surface area (TPSA) is 23.5 Å². The van der Waals surface area contributed by atoms with E-state index in [2.05, 4.69) is 0 Å². The van der Waals surface area contributed by atoms with E-state index in [4.69, 9.17) is 5.21 Å². The quantitative estimate of drug-likeness (QED) is 0.290. The van der Waals surface area contributed by atoms with E-state index in [9.17, 15) is 0 Å². The van der Waals surface area contributed by atoms with Gasteiger partial charge in [0.2, 0.25) is 0 Å². The molecule has 34 valence electrons. The zero-order chi connectivity index (χ0) is 3.58. The van der Waals surface area contributed by atoms with E-state index in [1.807, 2.05) is 0 Å². The van der Waals surface area contributed by atoms with Gasteiger partial charge >= 0.3 is 0 Å². The molecule has 0 rings (SSSR count). The Hall–Kier alpha value is 0.137. The van der Waals surface area contributed by atoms with Crippen LogP contribution in [0.1, 0.15) is 0 Å². The zero-order valence-corrected chi connectivity index (χ0v) is 2.89. The lowest BCUT2D eigenvalue weighted by molar-refractivity contribution is -0.0372. The van der Waals surface area contributed by atoms with E-state index in [1.54, 1.807) is 14.1 Å². The first kappa shape index (κ1) is 8.93. The second-order valence-electron chi connectivity index (χ2n) is 0.847. The lowest BCUT2D eigenvalue weighted by atomic mass is 11.2. The molecule has 0 saturated heterocycles. The van der Waals surface area contributed by atoms with E-state index in [0.717, 1.165) is 5.06 Å². The van der Waals surface area contributed by atoms with Gasteiger partial charge in [0.05, 0.1) is 0 Å². The van der Waals surface area contributed by atoms with Crippen LogP contribution in [0.5, 0.6) is 0 Å². The summed E-state index contributed by atoms with van der Waals surface area (Å²) in [6.45, 7) is 0. The van der Waals surface area contributed by atoms with Crippen LogP contribution in [-0.2, 0) is 0 Å². The van der Waals surface area contributed by atoms with E-state index >= 15 is 0 Å². The van der Waals surface area contributed by atoms with Gasteiger partial charge in [0.1, 0.15) is 0 Å². The molecule has 0 heterocycles. The summed E-state index contributed by atoms with van der Waals surface area (Å²) in [4.78, 5) is 0. The van der Waals surface area contributed by atoms with Crippen molar-refractivity contribution in [3.8, 4) is 0 Å². The lowest BCUT2D eigenvalue weighted by Crippen LogP contribution is -2.01. The molecule has 0 aromatic heterocycles. The van der Waals surface area contributed by atoms with Crippen molar-refractivity contribution in [2.24, 2.45) is 0 Å². The van der Waals surface area contributed by atoms with Crippen LogP contribution < -0.4 is 0 Å². The fourth-order valence-corrected chi connectivity index (χ4v) is 0. The molecule has 3 heteroatoms. The van der Waals surface area contributed by atoms with Gasteiger partial charge in [0, 0.05) is 14.1 Å². The fraction of sp³-hybridized carbons (Fsp3) is 1.00. The highest BCUT2D eigenvalue weighted by atomic mass is 28.1. The maximum absolute atomic E-state index is 7.89. The molecule has 0 spiro atoms. The lowest BCUT2D eigenvalue weighted by Gasteiger charge is -1.89. The Morgan fingerprint density at radius 1 is 1.40 bits per heavy atom. The smallest absolute Gasteiger partial charge is 0.0121 e. The number of hydrogen-bond donors (Lipinski definition) is 1. The van der Waals surface area contributed by atoms with Gasteiger partial charge in [-0.1, -0.05) is 0 Å². The van der Waals surface area contributed by atoms with Crippen LogP contribution in [0.25, 0.3) is 0 Å². The van der Waals surface area contributed by atoms with E-state index in [-0.39, 0.29) is 11.0 Å². The Bertz CT molecular complexity index is 14.4. The summed E-state index contributed by atoms with van der Waals surface area (Å²) >= 11 is 0. The summed E-state index contributed by atoms with van der Waals surface area (Å²) in [6.07, 6.45) is 0. The molecule has 0 radical (unpaired) electrons. The summed E-state index contributed by atoms with van der Waals surface area (Å²) in [5.74, 6) is 0. The molecule has 2 nitrogen and oxygen atoms in total. The van der Waals surface area contributed by atoms with Gasteiger partial charge in [-0.25, -0.2) is 0 Å². The Morgan fingerprint density at radius 2 is 1.40 bits per heavy atom. The van der Waals surface area contributed by atoms with Crippen molar-refractivity contribution in [2.75, 3.05) is 14.1 Å². The molecule has 0 unspecified atom stereocenters. The van der Waals surface area contributed by atoms with E-state index in [0.29, 0.717) is 0 Å². The normalized spacial score (nSPS) is 7.20. The minimum atomic E-state index is 0. The minimum Gasteiger partial charge on any atom is -0.315 e. The Kier molecular flexibility index (Phi) is 7.39. The highest BCUT2D eigenvalue weighted by molar-refractivity contribution is 5.75. The van der Waals surface area contributed by atoms with Crippen molar-refractivity contribution in [2.45, 2.75) is 0 Å². The van der Waals surface area contributed by atoms with Crippen molar-refractivity contribution >= 4 is 11.0 Å². The standard InChI is InChI=1S/C2H7NO.H4Si/c1-3(2)4;/h4H,1-2H3;1H4. The maximum Gasteiger partial charge on any atom is 0.0121 e. The molecule has 0 aliphatic heterocycles. The third kappa shape index (κ3) is 1010. The molecule has 0 aromatic rings. The second-order valence-corrected chi connectivity index (χ2v) is 0.847. The summed E-state index contributed by atoms with van der Waals surface area (Å²) in [5, 5.41) is 8.89. The van der Waals surface area contributed by atoms with Crippen LogP contribution in [0.2, 0.25) is 0 Å². The molecule has 0 atom stereocenters. The fourth-order valence-electron chi connectivity index (χ4n) is 0. The second kappa shape index (κ2) is 4.14. The predicted molar refractivity (Wildman–Crippen MR) is 26.8 cm³/mol. The highest BCUT2D eigenvalue weighted by Gasteiger charge is 1.59. The summed E-state index contributed by atoms with van der Waals surface area (Å²) in [7, 11) is 3.11. The van der Waals surface area contributed by atoms with Gasteiger partial charge in [-0.05, 0) is 11.0 Å². The molecule has 0 aromatic carbocycles. The molecule has 0 amide bonds. The van der Waals surface area contributed by atoms with Crippen molar-refractivity contribution in [3.63, 3.8) is 0 Å². The number of rotatable bonds is 0. The molecular weight excluding hydrogens is 82.1 g/mol. The number of hydroxylamine groups is 2. The first-order valence-corrected chi connectivity index (χ1v) is 1.09. The minimum absolute atomic E-state index is 0. The van der Waals surface area contributed by atoms with Crippen LogP contribution in [0.4, 0.5) is 0 Å². The Labute approximate surface area is 36.4 Å². The summed E-state index contributed by atoms with van der Waals surface area (Å²) in [6, 6.07) is 0. The molecule has 0 fully saturated rings. The molecule has 0 aliphatic carbocycles. The van der Waals surface area contributed by atoms with Crippen LogP contribution in [0.15, 0.2) is 0 Å². The van der Waals surface area contributed by atoms with Gasteiger partial charge in [-0.15, -0.1) is 0 Å². The van der Waals surface area contributed by atoms with Gasteiger partial charge in [0.25, 0.3) is 0 Å².